The molecule has 2 aromatic rings. The second-order valence-electron chi connectivity index (χ2n) is 4.13. The van der Waals surface area contributed by atoms with Gasteiger partial charge >= 0.3 is 0 Å². The third kappa shape index (κ3) is 2.02. The molecule has 8 nitrogen and oxygen atoms in total. The second-order valence-corrected chi connectivity index (χ2v) is 4.47. The molecule has 19 heavy (non-hydrogen) atoms. The van der Waals surface area contributed by atoms with Crippen LogP contribution in [0.1, 0.15) is 6.23 Å². The average molecular weight is 285 g/mol. The van der Waals surface area contributed by atoms with Gasteiger partial charge in [0.15, 0.2) is 11.5 Å². The molecule has 101 valence electrons. The minimum absolute atomic E-state index is 0.00371. The highest BCUT2D eigenvalue weighted by molar-refractivity contribution is 6.28. The van der Waals surface area contributed by atoms with E-state index in [9.17, 15) is 5.11 Å². The first kappa shape index (κ1) is 12.5. The maximum Gasteiger partial charge on any atom is 0.226 e. The van der Waals surface area contributed by atoms with E-state index < -0.39 is 18.4 Å². The Hall–Kier alpha value is -1.48. The van der Waals surface area contributed by atoms with Gasteiger partial charge in [-0.15, -0.1) is 0 Å². The number of hydrogen-bond acceptors (Lipinski definition) is 7. The normalized spacial score (nSPS) is 27.2. The van der Waals surface area contributed by atoms with Gasteiger partial charge in [-0.3, -0.25) is 4.57 Å². The minimum atomic E-state index is -0.859. The monoisotopic (exact) mass is 284 g/mol. The first-order valence-electron chi connectivity index (χ1n) is 5.55. The molecule has 3 rings (SSSR count). The Balaban J connectivity index is 2.02. The largest absolute Gasteiger partial charge is 0.394 e. The summed E-state index contributed by atoms with van der Waals surface area (Å²) in [6, 6.07) is 0. The minimum Gasteiger partial charge on any atom is -0.394 e. The van der Waals surface area contributed by atoms with Gasteiger partial charge in [0.25, 0.3) is 0 Å². The smallest absolute Gasteiger partial charge is 0.226 e. The van der Waals surface area contributed by atoms with Crippen LogP contribution in [0.15, 0.2) is 6.33 Å². The molecule has 4 N–H and O–H groups in total. The second kappa shape index (κ2) is 4.57. The van der Waals surface area contributed by atoms with Gasteiger partial charge in [-0.1, -0.05) is 0 Å². The summed E-state index contributed by atoms with van der Waals surface area (Å²) in [5, 5.41) is 18.7. The average Bonchev–Trinajstić information content (AvgIpc) is 2.92. The van der Waals surface area contributed by atoms with E-state index in [4.69, 9.17) is 27.2 Å². The van der Waals surface area contributed by atoms with E-state index in [1.165, 1.54) is 12.7 Å². The van der Waals surface area contributed by atoms with Crippen molar-refractivity contribution in [2.45, 2.75) is 18.4 Å². The van der Waals surface area contributed by atoms with Crippen LogP contribution in [-0.2, 0) is 4.74 Å². The van der Waals surface area contributed by atoms with Crippen molar-refractivity contribution in [2.24, 2.45) is 0 Å². The molecule has 1 unspecified atom stereocenters. The number of imidazole rings is 1. The molecule has 0 bridgehead atoms. The molecule has 1 radical (unpaired) electrons. The van der Waals surface area contributed by atoms with E-state index in [1.54, 1.807) is 4.57 Å². The van der Waals surface area contributed by atoms with Gasteiger partial charge in [0, 0.05) is 6.42 Å². The standard InChI is InChI=1S/C10H11ClN5O3/c11-10-14-8(12)7-9(15-10)16(3-13-7)6-1-4(18)5(2-17)19-6/h1,3-6,17-18H,2H2,(H2,12,14,15)/t4?,5-,6-/m1/s1. The molecule has 1 fully saturated rings. The zero-order valence-electron chi connectivity index (χ0n) is 9.64. The van der Waals surface area contributed by atoms with Crippen LogP contribution in [0.4, 0.5) is 5.82 Å². The fourth-order valence-electron chi connectivity index (χ4n) is 2.00. The van der Waals surface area contributed by atoms with Crippen molar-refractivity contribution in [2.75, 3.05) is 12.3 Å². The van der Waals surface area contributed by atoms with Crippen LogP contribution in [0.5, 0.6) is 0 Å². The zero-order valence-corrected chi connectivity index (χ0v) is 10.4. The van der Waals surface area contributed by atoms with Crippen LogP contribution < -0.4 is 5.73 Å². The highest BCUT2D eigenvalue weighted by atomic mass is 35.5. The summed E-state index contributed by atoms with van der Waals surface area (Å²) in [6.07, 6.45) is 0.884. The van der Waals surface area contributed by atoms with E-state index in [0.717, 1.165) is 0 Å². The number of fused-ring (bicyclic) bond motifs is 1. The van der Waals surface area contributed by atoms with Crippen molar-refractivity contribution in [1.82, 2.24) is 19.5 Å². The quantitative estimate of drug-likeness (QED) is 0.637. The SMILES string of the molecule is Nc1nc(Cl)nc2c1ncn2[C@H]1[CH]C(O)[C@@H](CO)O1. The number of aromatic nitrogens is 4. The fraction of sp³-hybridized carbons (Fsp3) is 0.400. The zero-order chi connectivity index (χ0) is 13.6. The Morgan fingerprint density at radius 2 is 2.26 bits per heavy atom. The van der Waals surface area contributed by atoms with E-state index in [1.807, 2.05) is 0 Å². The molecular formula is C10H11ClN5O3. The van der Waals surface area contributed by atoms with Crippen LogP contribution >= 0.6 is 11.6 Å². The van der Waals surface area contributed by atoms with Crippen LogP contribution in [-0.4, -0.2) is 48.5 Å². The Morgan fingerprint density at radius 1 is 1.47 bits per heavy atom. The number of hydrogen-bond donors (Lipinski definition) is 3. The van der Waals surface area contributed by atoms with Crippen LogP contribution in [0.2, 0.25) is 5.28 Å². The molecule has 1 aliphatic heterocycles. The number of rotatable bonds is 2. The van der Waals surface area contributed by atoms with E-state index >= 15 is 0 Å². The molecule has 1 saturated heterocycles. The van der Waals surface area contributed by atoms with Gasteiger partial charge < -0.3 is 20.7 Å². The van der Waals surface area contributed by atoms with Gasteiger partial charge in [-0.25, -0.2) is 4.98 Å². The lowest BCUT2D eigenvalue weighted by molar-refractivity contribution is -0.0423. The third-order valence-electron chi connectivity index (χ3n) is 2.93. The molecule has 0 spiro atoms. The number of ether oxygens (including phenoxy) is 1. The van der Waals surface area contributed by atoms with Crippen LogP contribution in [0, 0.1) is 6.42 Å². The molecule has 9 heteroatoms. The Morgan fingerprint density at radius 3 is 2.95 bits per heavy atom. The Labute approximate surface area is 112 Å². The number of nitrogens with two attached hydrogens (primary N) is 1. The molecule has 1 aliphatic rings. The summed E-state index contributed by atoms with van der Waals surface area (Å²) in [5.41, 5.74) is 6.51. The first-order valence-corrected chi connectivity index (χ1v) is 5.93. The van der Waals surface area contributed by atoms with Gasteiger partial charge in [0.2, 0.25) is 5.28 Å². The van der Waals surface area contributed by atoms with Crippen molar-refractivity contribution >= 4 is 28.6 Å². The number of anilines is 1. The maximum absolute atomic E-state index is 9.68. The number of aliphatic hydroxyl groups is 2. The fourth-order valence-corrected chi connectivity index (χ4v) is 2.17. The lowest BCUT2D eigenvalue weighted by Gasteiger charge is -2.13. The number of nitrogen functional groups attached to an aromatic ring is 1. The Kier molecular flexibility index (Phi) is 3.02. The molecule has 0 aliphatic carbocycles. The lowest BCUT2D eigenvalue weighted by Crippen LogP contribution is -2.24. The van der Waals surface area contributed by atoms with Crippen molar-refractivity contribution in [3.05, 3.63) is 18.0 Å². The Bertz CT molecular complexity index is 618. The first-order chi connectivity index (χ1) is 9.10. The summed E-state index contributed by atoms with van der Waals surface area (Å²) in [7, 11) is 0. The predicted molar refractivity (Wildman–Crippen MR) is 66.0 cm³/mol. The summed E-state index contributed by atoms with van der Waals surface area (Å²) in [4.78, 5) is 11.9. The molecule has 3 atom stereocenters. The van der Waals surface area contributed by atoms with E-state index in [2.05, 4.69) is 15.0 Å². The third-order valence-corrected chi connectivity index (χ3v) is 3.10. The predicted octanol–water partition coefficient (Wildman–Crippen LogP) is -0.483. The molecule has 0 amide bonds. The summed E-state index contributed by atoms with van der Waals surface area (Å²) in [5.74, 6) is 0.172. The summed E-state index contributed by atoms with van der Waals surface area (Å²) < 4.78 is 7.05. The highest BCUT2D eigenvalue weighted by Crippen LogP contribution is 2.30. The highest BCUT2D eigenvalue weighted by Gasteiger charge is 2.35. The van der Waals surface area contributed by atoms with Gasteiger partial charge in [0.05, 0.1) is 19.0 Å². The van der Waals surface area contributed by atoms with Gasteiger partial charge in [-0.05, 0) is 11.6 Å². The van der Waals surface area contributed by atoms with E-state index in [-0.39, 0.29) is 17.7 Å². The molecular weight excluding hydrogens is 274 g/mol. The van der Waals surface area contributed by atoms with Crippen molar-refractivity contribution in [3.63, 3.8) is 0 Å². The van der Waals surface area contributed by atoms with Crippen LogP contribution in [0.25, 0.3) is 11.2 Å². The number of halogens is 1. The van der Waals surface area contributed by atoms with Gasteiger partial charge in [-0.2, -0.15) is 9.97 Å². The van der Waals surface area contributed by atoms with Crippen LogP contribution in [0.3, 0.4) is 0 Å². The van der Waals surface area contributed by atoms with E-state index in [0.29, 0.717) is 11.2 Å². The number of nitrogens with zero attached hydrogens (tertiary/aromatic N) is 4. The van der Waals surface area contributed by atoms with Crippen molar-refractivity contribution < 1.29 is 14.9 Å². The molecule has 0 aromatic carbocycles. The molecule has 3 heterocycles. The topological polar surface area (TPSA) is 119 Å². The summed E-state index contributed by atoms with van der Waals surface area (Å²) in [6.45, 7) is -0.279. The van der Waals surface area contributed by atoms with Crippen molar-refractivity contribution in [3.8, 4) is 0 Å². The van der Waals surface area contributed by atoms with Crippen molar-refractivity contribution in [1.29, 1.82) is 0 Å². The molecule has 2 aromatic heterocycles. The molecule has 0 saturated carbocycles. The van der Waals surface area contributed by atoms with Gasteiger partial charge in [0.1, 0.15) is 17.8 Å². The summed E-state index contributed by atoms with van der Waals surface area (Å²) >= 11 is 5.76. The maximum atomic E-state index is 9.68. The lowest BCUT2D eigenvalue weighted by atomic mass is 10.2. The number of aliphatic hydroxyl groups excluding tert-OH is 2.